The number of hydrogen-bond donors (Lipinski definition) is 0. The second kappa shape index (κ2) is 7.34. The minimum Gasteiger partial charge on any atom is -0.336 e. The summed E-state index contributed by atoms with van der Waals surface area (Å²) in [7, 11) is -3.71. The predicted octanol–water partition coefficient (Wildman–Crippen LogP) is 2.93. The summed E-state index contributed by atoms with van der Waals surface area (Å²) in [6.07, 6.45) is 0. The molecule has 0 N–H and O–H groups in total. The molecule has 1 saturated heterocycles. The van der Waals surface area contributed by atoms with Gasteiger partial charge in [0.25, 0.3) is 5.91 Å². The van der Waals surface area contributed by atoms with Crippen LogP contribution in [0.25, 0.3) is 0 Å². The average molecular weight is 397 g/mol. The molecule has 0 saturated carbocycles. The summed E-state index contributed by atoms with van der Waals surface area (Å²) in [5, 5.41) is 0.476. The van der Waals surface area contributed by atoms with Crippen molar-refractivity contribution in [3.05, 3.63) is 64.4 Å². The first-order valence-corrected chi connectivity index (χ1v) is 9.92. The number of carbonyl (C=O) groups is 1. The van der Waals surface area contributed by atoms with Gasteiger partial charge in [-0.1, -0.05) is 17.7 Å². The van der Waals surface area contributed by atoms with E-state index < -0.39 is 15.8 Å². The van der Waals surface area contributed by atoms with E-state index in [1.165, 1.54) is 23.4 Å². The fourth-order valence-corrected chi connectivity index (χ4v) is 4.56. The number of nitrogens with zero attached hydrogens (tertiary/aromatic N) is 2. The van der Waals surface area contributed by atoms with Gasteiger partial charge in [-0.25, -0.2) is 12.8 Å². The maximum absolute atomic E-state index is 13.4. The normalized spacial score (nSPS) is 15.9. The standard InChI is InChI=1S/C18H18ClFN2O3S/c1-13-11-16(5-6-17(13)20)26(24,25)22-9-7-21(8-10-22)18(23)14-3-2-4-15(19)12-14/h2-6,11-12H,7-10H2,1H3. The number of rotatable bonds is 3. The molecule has 5 nitrogen and oxygen atoms in total. The highest BCUT2D eigenvalue weighted by molar-refractivity contribution is 7.89. The first-order valence-electron chi connectivity index (χ1n) is 8.10. The molecule has 1 amide bonds. The highest BCUT2D eigenvalue weighted by Crippen LogP contribution is 2.21. The number of halogens is 2. The van der Waals surface area contributed by atoms with Gasteiger partial charge in [0.05, 0.1) is 4.90 Å². The van der Waals surface area contributed by atoms with E-state index in [2.05, 4.69) is 0 Å². The molecule has 0 bridgehead atoms. The zero-order valence-corrected chi connectivity index (χ0v) is 15.7. The number of carbonyl (C=O) groups excluding carboxylic acids is 1. The Morgan fingerprint density at radius 3 is 2.38 bits per heavy atom. The van der Waals surface area contributed by atoms with Gasteiger partial charge in [-0.3, -0.25) is 4.79 Å². The van der Waals surface area contributed by atoms with E-state index in [0.29, 0.717) is 10.6 Å². The molecule has 8 heteroatoms. The van der Waals surface area contributed by atoms with Crippen molar-refractivity contribution in [3.8, 4) is 0 Å². The lowest BCUT2D eigenvalue weighted by atomic mass is 10.2. The van der Waals surface area contributed by atoms with Crippen molar-refractivity contribution in [2.75, 3.05) is 26.2 Å². The van der Waals surface area contributed by atoms with Gasteiger partial charge in [-0.05, 0) is 48.9 Å². The molecule has 0 spiro atoms. The van der Waals surface area contributed by atoms with Crippen LogP contribution in [0.5, 0.6) is 0 Å². The monoisotopic (exact) mass is 396 g/mol. The zero-order valence-electron chi connectivity index (χ0n) is 14.2. The third kappa shape index (κ3) is 3.75. The van der Waals surface area contributed by atoms with Crippen LogP contribution in [0.2, 0.25) is 5.02 Å². The minimum absolute atomic E-state index is 0.0611. The van der Waals surface area contributed by atoms with Crippen LogP contribution in [-0.2, 0) is 10.0 Å². The van der Waals surface area contributed by atoms with Crippen LogP contribution in [0.4, 0.5) is 4.39 Å². The number of sulfonamides is 1. The van der Waals surface area contributed by atoms with Gasteiger partial charge in [0.15, 0.2) is 0 Å². The SMILES string of the molecule is Cc1cc(S(=O)(=O)N2CCN(C(=O)c3cccc(Cl)c3)CC2)ccc1F. The Balaban J connectivity index is 1.71. The number of amides is 1. The first kappa shape index (κ1) is 18.8. The molecule has 0 radical (unpaired) electrons. The molecule has 0 unspecified atom stereocenters. The molecule has 1 fully saturated rings. The van der Waals surface area contributed by atoms with Crippen molar-refractivity contribution in [2.24, 2.45) is 0 Å². The van der Waals surface area contributed by atoms with Crippen LogP contribution in [0.1, 0.15) is 15.9 Å². The van der Waals surface area contributed by atoms with E-state index in [1.54, 1.807) is 29.2 Å². The summed E-state index contributed by atoms with van der Waals surface area (Å²) in [5.41, 5.74) is 0.754. The Hall–Kier alpha value is -1.96. The minimum atomic E-state index is -3.71. The second-order valence-electron chi connectivity index (χ2n) is 6.12. The molecular weight excluding hydrogens is 379 g/mol. The van der Waals surface area contributed by atoms with Crippen molar-refractivity contribution in [1.29, 1.82) is 0 Å². The van der Waals surface area contributed by atoms with Crippen LogP contribution >= 0.6 is 11.6 Å². The van der Waals surface area contributed by atoms with Crippen LogP contribution in [0, 0.1) is 12.7 Å². The molecule has 1 aliphatic rings. The Labute approximate surface area is 157 Å². The van der Waals surface area contributed by atoms with Crippen molar-refractivity contribution in [1.82, 2.24) is 9.21 Å². The van der Waals surface area contributed by atoms with Gasteiger partial charge in [-0.15, -0.1) is 0 Å². The Morgan fingerprint density at radius 2 is 1.77 bits per heavy atom. The number of aryl methyl sites for hydroxylation is 1. The molecule has 1 aliphatic heterocycles. The number of piperazine rings is 1. The fourth-order valence-electron chi connectivity index (χ4n) is 2.86. The summed E-state index contributed by atoms with van der Waals surface area (Å²) in [5.74, 6) is -0.622. The van der Waals surface area contributed by atoms with Gasteiger partial charge in [0.2, 0.25) is 10.0 Å². The van der Waals surface area contributed by atoms with Crippen LogP contribution in [-0.4, -0.2) is 49.7 Å². The predicted molar refractivity (Wildman–Crippen MR) is 97.3 cm³/mol. The van der Waals surface area contributed by atoms with Gasteiger partial charge >= 0.3 is 0 Å². The third-order valence-corrected chi connectivity index (χ3v) is 6.49. The largest absolute Gasteiger partial charge is 0.336 e. The molecule has 26 heavy (non-hydrogen) atoms. The highest BCUT2D eigenvalue weighted by Gasteiger charge is 2.30. The summed E-state index contributed by atoms with van der Waals surface area (Å²) in [4.78, 5) is 14.2. The lowest BCUT2D eigenvalue weighted by Crippen LogP contribution is -2.50. The van der Waals surface area contributed by atoms with Crippen molar-refractivity contribution < 1.29 is 17.6 Å². The molecule has 2 aromatic carbocycles. The first-order chi connectivity index (χ1) is 12.3. The van der Waals surface area contributed by atoms with Crippen molar-refractivity contribution in [3.63, 3.8) is 0 Å². The van der Waals surface area contributed by atoms with E-state index >= 15 is 0 Å². The zero-order chi connectivity index (χ0) is 18.9. The lowest BCUT2D eigenvalue weighted by Gasteiger charge is -2.34. The van der Waals surface area contributed by atoms with E-state index in [4.69, 9.17) is 11.6 Å². The van der Waals surface area contributed by atoms with Crippen LogP contribution < -0.4 is 0 Å². The van der Waals surface area contributed by atoms with E-state index in [-0.39, 0.29) is 42.5 Å². The quantitative estimate of drug-likeness (QED) is 0.801. The van der Waals surface area contributed by atoms with Crippen molar-refractivity contribution in [2.45, 2.75) is 11.8 Å². The van der Waals surface area contributed by atoms with Crippen LogP contribution in [0.15, 0.2) is 47.4 Å². The molecule has 0 aromatic heterocycles. The van der Waals surface area contributed by atoms with Gasteiger partial charge in [-0.2, -0.15) is 4.31 Å². The maximum Gasteiger partial charge on any atom is 0.253 e. The molecule has 0 aliphatic carbocycles. The summed E-state index contributed by atoms with van der Waals surface area (Å²) < 4.78 is 40.2. The fraction of sp³-hybridized carbons (Fsp3) is 0.278. The van der Waals surface area contributed by atoms with Gasteiger partial charge in [0.1, 0.15) is 5.82 Å². The smallest absolute Gasteiger partial charge is 0.253 e. The molecule has 2 aromatic rings. The molecular formula is C18H18ClFN2O3S. The summed E-state index contributed by atoms with van der Waals surface area (Å²) >= 11 is 5.92. The van der Waals surface area contributed by atoms with Crippen LogP contribution in [0.3, 0.4) is 0 Å². The second-order valence-corrected chi connectivity index (χ2v) is 8.49. The Morgan fingerprint density at radius 1 is 1.08 bits per heavy atom. The van der Waals surface area contributed by atoms with Gasteiger partial charge < -0.3 is 4.90 Å². The lowest BCUT2D eigenvalue weighted by molar-refractivity contribution is 0.0698. The molecule has 1 heterocycles. The van der Waals surface area contributed by atoms with Crippen molar-refractivity contribution >= 4 is 27.5 Å². The third-order valence-electron chi connectivity index (χ3n) is 4.36. The summed E-state index contributed by atoms with van der Waals surface area (Å²) in [6.45, 7) is 2.46. The molecule has 0 atom stereocenters. The number of benzene rings is 2. The Kier molecular flexibility index (Phi) is 5.32. The molecule has 3 rings (SSSR count). The number of hydrogen-bond acceptors (Lipinski definition) is 3. The maximum atomic E-state index is 13.4. The van der Waals surface area contributed by atoms with E-state index in [1.807, 2.05) is 0 Å². The molecule has 138 valence electrons. The van der Waals surface area contributed by atoms with E-state index in [9.17, 15) is 17.6 Å². The van der Waals surface area contributed by atoms with E-state index in [0.717, 1.165) is 6.07 Å². The highest BCUT2D eigenvalue weighted by atomic mass is 35.5. The Bertz CT molecular complexity index is 941. The topological polar surface area (TPSA) is 57.7 Å². The average Bonchev–Trinajstić information content (AvgIpc) is 2.63. The van der Waals surface area contributed by atoms with Gasteiger partial charge in [0, 0.05) is 36.8 Å². The summed E-state index contributed by atoms with van der Waals surface area (Å²) in [6, 6.07) is 10.4.